The van der Waals surface area contributed by atoms with Crippen LogP contribution >= 0.6 is 0 Å². The van der Waals surface area contributed by atoms with Crippen molar-refractivity contribution in [3.8, 4) is 5.75 Å². The van der Waals surface area contributed by atoms with Gasteiger partial charge < -0.3 is 14.9 Å². The van der Waals surface area contributed by atoms with E-state index in [9.17, 15) is 9.59 Å². The van der Waals surface area contributed by atoms with E-state index in [0.717, 1.165) is 5.56 Å². The van der Waals surface area contributed by atoms with Crippen molar-refractivity contribution in [2.75, 3.05) is 7.11 Å². The van der Waals surface area contributed by atoms with Crippen molar-refractivity contribution < 1.29 is 24.5 Å². The normalized spacial score (nSPS) is 9.19. The Labute approximate surface area is 122 Å². The third kappa shape index (κ3) is 6.24. The average Bonchev–Trinajstić information content (AvgIpc) is 2.48. The molecular weight excluding hydrogens is 272 g/mol. The fourth-order valence-corrected chi connectivity index (χ4v) is 1.50. The SMILES string of the molecule is COc1ccc(C(=O)O)cc1.O=C(O)Cc1ccccc1. The first-order chi connectivity index (χ1) is 10.0. The summed E-state index contributed by atoms with van der Waals surface area (Å²) in [6.07, 6.45) is 0.112. The number of carboxylic acids is 2. The highest BCUT2D eigenvalue weighted by Gasteiger charge is 2.00. The molecule has 0 fully saturated rings. The summed E-state index contributed by atoms with van der Waals surface area (Å²) in [5.41, 5.74) is 1.11. The summed E-state index contributed by atoms with van der Waals surface area (Å²) in [6.45, 7) is 0. The molecule has 0 aliphatic rings. The topological polar surface area (TPSA) is 83.8 Å². The second-order valence-electron chi connectivity index (χ2n) is 4.09. The van der Waals surface area contributed by atoms with Crippen LogP contribution in [0.15, 0.2) is 54.6 Å². The van der Waals surface area contributed by atoms with Crippen LogP contribution in [0.3, 0.4) is 0 Å². The van der Waals surface area contributed by atoms with E-state index in [1.54, 1.807) is 24.3 Å². The average molecular weight is 288 g/mol. The molecule has 0 amide bonds. The maximum Gasteiger partial charge on any atom is 0.335 e. The summed E-state index contributed by atoms with van der Waals surface area (Å²) in [5, 5.41) is 16.9. The summed E-state index contributed by atoms with van der Waals surface area (Å²) in [6, 6.07) is 15.4. The van der Waals surface area contributed by atoms with Crippen molar-refractivity contribution in [1.29, 1.82) is 0 Å². The lowest BCUT2D eigenvalue weighted by molar-refractivity contribution is -0.136. The van der Waals surface area contributed by atoms with Crippen LogP contribution in [0.2, 0.25) is 0 Å². The van der Waals surface area contributed by atoms with E-state index < -0.39 is 11.9 Å². The Bertz CT molecular complexity index is 575. The zero-order chi connectivity index (χ0) is 15.7. The Morgan fingerprint density at radius 2 is 1.52 bits per heavy atom. The number of aliphatic carboxylic acids is 1. The number of carboxylic acid groups (broad SMARTS) is 2. The minimum absolute atomic E-state index is 0.112. The molecule has 0 heterocycles. The molecule has 0 atom stereocenters. The predicted molar refractivity (Wildman–Crippen MR) is 77.7 cm³/mol. The number of aromatic carboxylic acids is 1. The first-order valence-electron chi connectivity index (χ1n) is 6.16. The molecule has 2 aromatic rings. The molecule has 0 aliphatic heterocycles. The lowest BCUT2D eigenvalue weighted by Crippen LogP contribution is -1.98. The van der Waals surface area contributed by atoms with Gasteiger partial charge in [0, 0.05) is 0 Å². The molecule has 0 radical (unpaired) electrons. The van der Waals surface area contributed by atoms with Crippen molar-refractivity contribution in [3.05, 3.63) is 65.7 Å². The first-order valence-corrected chi connectivity index (χ1v) is 6.16. The van der Waals surface area contributed by atoms with Gasteiger partial charge >= 0.3 is 11.9 Å². The molecule has 2 rings (SSSR count). The molecule has 0 unspecified atom stereocenters. The zero-order valence-corrected chi connectivity index (χ0v) is 11.5. The monoisotopic (exact) mass is 288 g/mol. The van der Waals surface area contributed by atoms with Gasteiger partial charge in [-0.05, 0) is 29.8 Å². The van der Waals surface area contributed by atoms with Crippen LogP contribution in [0, 0.1) is 0 Å². The van der Waals surface area contributed by atoms with Crippen LogP contribution in [0.25, 0.3) is 0 Å². The molecular formula is C16H16O5. The lowest BCUT2D eigenvalue weighted by atomic mass is 10.2. The van der Waals surface area contributed by atoms with Crippen LogP contribution in [0.1, 0.15) is 15.9 Å². The van der Waals surface area contributed by atoms with Gasteiger partial charge in [-0.1, -0.05) is 30.3 Å². The van der Waals surface area contributed by atoms with Crippen LogP contribution in [0.5, 0.6) is 5.75 Å². The van der Waals surface area contributed by atoms with Gasteiger partial charge in [-0.25, -0.2) is 4.79 Å². The molecule has 0 saturated heterocycles. The minimum atomic E-state index is -0.923. The van der Waals surface area contributed by atoms with E-state index in [2.05, 4.69) is 0 Å². The number of hydrogen-bond donors (Lipinski definition) is 2. The molecule has 0 aliphatic carbocycles. The maximum absolute atomic E-state index is 10.4. The molecule has 5 heteroatoms. The molecule has 0 bridgehead atoms. The molecule has 2 aromatic carbocycles. The number of methoxy groups -OCH3 is 1. The van der Waals surface area contributed by atoms with Crippen molar-refractivity contribution in [2.24, 2.45) is 0 Å². The number of hydrogen-bond acceptors (Lipinski definition) is 3. The molecule has 5 nitrogen and oxygen atoms in total. The van der Waals surface area contributed by atoms with Crippen molar-refractivity contribution >= 4 is 11.9 Å². The van der Waals surface area contributed by atoms with Gasteiger partial charge in [0.1, 0.15) is 5.75 Å². The van der Waals surface area contributed by atoms with E-state index in [1.165, 1.54) is 19.2 Å². The fraction of sp³-hybridized carbons (Fsp3) is 0.125. The Morgan fingerprint density at radius 1 is 0.952 bits per heavy atom. The van der Waals surface area contributed by atoms with Gasteiger partial charge in [0.25, 0.3) is 0 Å². The maximum atomic E-state index is 10.4. The highest BCUT2D eigenvalue weighted by Crippen LogP contribution is 2.10. The standard InChI is InChI=1S/C8H8O3.C8H8O2/c1-11-7-4-2-6(3-5-7)8(9)10;9-8(10)6-7-4-2-1-3-5-7/h2-5H,1H3,(H,9,10);1-5H,6H2,(H,9,10). The first kappa shape index (κ1) is 16.2. The van der Waals surface area contributed by atoms with Crippen molar-refractivity contribution in [2.45, 2.75) is 6.42 Å². The molecule has 0 saturated carbocycles. The summed E-state index contributed by atoms with van der Waals surface area (Å²) in [5.74, 6) is -1.05. The lowest BCUT2D eigenvalue weighted by Gasteiger charge is -1.98. The molecule has 21 heavy (non-hydrogen) atoms. The van der Waals surface area contributed by atoms with E-state index in [1.807, 2.05) is 18.2 Å². The molecule has 0 spiro atoms. The fourth-order valence-electron chi connectivity index (χ4n) is 1.50. The highest BCUT2D eigenvalue weighted by atomic mass is 16.5. The quantitative estimate of drug-likeness (QED) is 0.903. The van der Waals surface area contributed by atoms with Gasteiger partial charge in [-0.15, -0.1) is 0 Å². The number of rotatable bonds is 4. The van der Waals surface area contributed by atoms with Crippen LogP contribution in [0.4, 0.5) is 0 Å². The minimum Gasteiger partial charge on any atom is -0.497 e. The smallest absolute Gasteiger partial charge is 0.335 e. The molecule has 110 valence electrons. The van der Waals surface area contributed by atoms with Gasteiger partial charge in [0.05, 0.1) is 19.1 Å². The van der Waals surface area contributed by atoms with Crippen molar-refractivity contribution in [3.63, 3.8) is 0 Å². The Kier molecular flexibility index (Phi) is 6.47. The zero-order valence-electron chi connectivity index (χ0n) is 11.5. The van der Waals surface area contributed by atoms with Gasteiger partial charge in [-0.3, -0.25) is 4.79 Å². The summed E-state index contributed by atoms with van der Waals surface area (Å²) >= 11 is 0. The summed E-state index contributed by atoms with van der Waals surface area (Å²) in [7, 11) is 1.54. The molecule has 2 N–H and O–H groups in total. The number of benzene rings is 2. The number of ether oxygens (including phenoxy) is 1. The Morgan fingerprint density at radius 3 is 1.95 bits per heavy atom. The predicted octanol–water partition coefficient (Wildman–Crippen LogP) is 2.71. The second kappa shape index (κ2) is 8.37. The molecule has 0 aromatic heterocycles. The number of carbonyl (C=O) groups is 2. The summed E-state index contributed by atoms with van der Waals surface area (Å²) in [4.78, 5) is 20.5. The van der Waals surface area contributed by atoms with Crippen LogP contribution in [-0.2, 0) is 11.2 Å². The largest absolute Gasteiger partial charge is 0.497 e. The Balaban J connectivity index is 0.000000211. The highest BCUT2D eigenvalue weighted by molar-refractivity contribution is 5.87. The summed E-state index contributed by atoms with van der Waals surface area (Å²) < 4.78 is 4.86. The van der Waals surface area contributed by atoms with Gasteiger partial charge in [-0.2, -0.15) is 0 Å². The van der Waals surface area contributed by atoms with Crippen molar-refractivity contribution in [1.82, 2.24) is 0 Å². The van der Waals surface area contributed by atoms with Gasteiger partial charge in [0.15, 0.2) is 0 Å². The van der Waals surface area contributed by atoms with E-state index in [-0.39, 0.29) is 12.0 Å². The second-order valence-corrected chi connectivity index (χ2v) is 4.09. The van der Waals surface area contributed by atoms with Crippen LogP contribution < -0.4 is 4.74 Å². The van der Waals surface area contributed by atoms with E-state index >= 15 is 0 Å². The van der Waals surface area contributed by atoms with E-state index in [4.69, 9.17) is 14.9 Å². The van der Waals surface area contributed by atoms with Gasteiger partial charge in [0.2, 0.25) is 0 Å². The third-order valence-electron chi connectivity index (χ3n) is 2.54. The third-order valence-corrected chi connectivity index (χ3v) is 2.54. The van der Waals surface area contributed by atoms with Crippen LogP contribution in [-0.4, -0.2) is 29.3 Å². The van der Waals surface area contributed by atoms with E-state index in [0.29, 0.717) is 5.75 Å². The Hall–Kier alpha value is -2.82.